The van der Waals surface area contributed by atoms with Crippen molar-refractivity contribution in [3.63, 3.8) is 0 Å². The molecule has 2 aromatic heterocycles. The van der Waals surface area contributed by atoms with Gasteiger partial charge in [-0.05, 0) is 87.1 Å². The van der Waals surface area contributed by atoms with E-state index in [4.69, 9.17) is 14.1 Å². The van der Waals surface area contributed by atoms with E-state index in [0.29, 0.717) is 6.54 Å². The molecular formula is C24H26N2O3S. The average Bonchev–Trinajstić information content (AvgIpc) is 3.38. The summed E-state index contributed by atoms with van der Waals surface area (Å²) in [5.74, 6) is 1.49. The fraction of sp³-hybridized carbons (Fsp3) is 0.333. The number of aryl methyl sites for hydroxylation is 1. The summed E-state index contributed by atoms with van der Waals surface area (Å²) in [6.07, 6.45) is 7.82. The molecule has 156 valence electrons. The Balaban J connectivity index is 1.55. The van der Waals surface area contributed by atoms with E-state index >= 15 is 0 Å². The van der Waals surface area contributed by atoms with E-state index in [9.17, 15) is 4.79 Å². The zero-order chi connectivity index (χ0) is 20.9. The Kier molecular flexibility index (Phi) is 6.33. The fourth-order valence-electron chi connectivity index (χ4n) is 3.58. The number of hydrogen-bond acceptors (Lipinski definition) is 5. The monoisotopic (exact) mass is 422 g/mol. The number of carbonyl (C=O) groups is 1. The molecule has 1 N–H and O–H groups in total. The summed E-state index contributed by atoms with van der Waals surface area (Å²) >= 11 is 1.64. The highest BCUT2D eigenvalue weighted by Gasteiger charge is 2.25. The quantitative estimate of drug-likeness (QED) is 0.498. The summed E-state index contributed by atoms with van der Waals surface area (Å²) in [5, 5.41) is 3.76. The number of nitrogens with zero attached hydrogens (tertiary/aromatic N) is 1. The third-order valence-electron chi connectivity index (χ3n) is 4.97. The lowest BCUT2D eigenvalue weighted by molar-refractivity contribution is 0.0948. The molecule has 1 aliphatic rings. The van der Waals surface area contributed by atoms with Crippen molar-refractivity contribution >= 4 is 28.5 Å². The number of carbonyl (C=O) groups excluding carboxylic acids is 1. The van der Waals surface area contributed by atoms with Gasteiger partial charge >= 0.3 is 0 Å². The molecule has 0 saturated carbocycles. The second kappa shape index (κ2) is 9.30. The number of benzene rings is 1. The molecule has 1 aromatic carbocycles. The van der Waals surface area contributed by atoms with Crippen molar-refractivity contribution in [3.05, 3.63) is 70.0 Å². The first-order valence-electron chi connectivity index (χ1n) is 10.4. The second-order valence-electron chi connectivity index (χ2n) is 7.65. The highest BCUT2D eigenvalue weighted by molar-refractivity contribution is 7.16. The number of hydrogen-bond donors (Lipinski definition) is 1. The lowest BCUT2D eigenvalue weighted by Crippen LogP contribution is -2.23. The second-order valence-corrected chi connectivity index (χ2v) is 8.73. The molecule has 0 bridgehead atoms. The molecule has 0 saturated heterocycles. The van der Waals surface area contributed by atoms with Gasteiger partial charge < -0.3 is 14.5 Å². The number of aliphatic imine (C=N–C) groups is 1. The van der Waals surface area contributed by atoms with Gasteiger partial charge in [0.2, 0.25) is 0 Å². The van der Waals surface area contributed by atoms with Crippen LogP contribution in [-0.2, 0) is 19.4 Å². The van der Waals surface area contributed by atoms with Crippen molar-refractivity contribution in [1.29, 1.82) is 0 Å². The van der Waals surface area contributed by atoms with Gasteiger partial charge in [-0.3, -0.25) is 4.79 Å². The minimum absolute atomic E-state index is 0.0846. The van der Waals surface area contributed by atoms with E-state index in [1.807, 2.05) is 56.5 Å². The van der Waals surface area contributed by atoms with Crippen molar-refractivity contribution in [3.8, 4) is 5.75 Å². The Labute approximate surface area is 180 Å². The molecule has 1 amide bonds. The molecule has 6 heteroatoms. The maximum atomic E-state index is 13.0. The van der Waals surface area contributed by atoms with Gasteiger partial charge in [-0.1, -0.05) is 0 Å². The third-order valence-corrected chi connectivity index (χ3v) is 6.17. The number of ether oxygens (including phenoxy) is 1. The fourth-order valence-corrected chi connectivity index (χ4v) is 4.81. The minimum Gasteiger partial charge on any atom is -0.491 e. The summed E-state index contributed by atoms with van der Waals surface area (Å²) < 4.78 is 11.0. The van der Waals surface area contributed by atoms with Gasteiger partial charge in [0.05, 0.1) is 24.5 Å². The van der Waals surface area contributed by atoms with E-state index < -0.39 is 0 Å². The van der Waals surface area contributed by atoms with E-state index in [2.05, 4.69) is 5.32 Å². The first-order chi connectivity index (χ1) is 14.6. The van der Waals surface area contributed by atoms with Gasteiger partial charge in [0.1, 0.15) is 16.5 Å². The van der Waals surface area contributed by atoms with Crippen LogP contribution in [0.25, 0.3) is 0 Å². The van der Waals surface area contributed by atoms with Crippen LogP contribution in [0.15, 0.2) is 52.1 Å². The third kappa shape index (κ3) is 4.82. The van der Waals surface area contributed by atoms with Crippen molar-refractivity contribution < 1.29 is 13.9 Å². The molecular weight excluding hydrogens is 396 g/mol. The van der Waals surface area contributed by atoms with Crippen LogP contribution in [0.1, 0.15) is 58.8 Å². The maximum absolute atomic E-state index is 13.0. The smallest absolute Gasteiger partial charge is 0.255 e. The van der Waals surface area contributed by atoms with Crippen molar-refractivity contribution in [2.24, 2.45) is 4.99 Å². The Hall–Kier alpha value is -2.86. The Bertz CT molecular complexity index is 1020. The highest BCUT2D eigenvalue weighted by Crippen LogP contribution is 2.39. The highest BCUT2D eigenvalue weighted by atomic mass is 32.1. The summed E-state index contributed by atoms with van der Waals surface area (Å²) in [6, 6.07) is 11.5. The number of rotatable bonds is 7. The lowest BCUT2D eigenvalue weighted by atomic mass is 9.95. The Morgan fingerprint density at radius 2 is 2.03 bits per heavy atom. The molecule has 1 aliphatic carbocycles. The predicted molar refractivity (Wildman–Crippen MR) is 120 cm³/mol. The van der Waals surface area contributed by atoms with E-state index in [1.54, 1.807) is 17.6 Å². The molecule has 0 unspecified atom stereocenters. The zero-order valence-corrected chi connectivity index (χ0v) is 18.1. The molecule has 0 radical (unpaired) electrons. The van der Waals surface area contributed by atoms with Gasteiger partial charge in [0, 0.05) is 11.1 Å². The SMILES string of the molecule is CC(C)Oc1ccc(C=Nc2sc3c(c2C(=O)NCc2ccco2)CCCC3)cc1. The first-order valence-corrected chi connectivity index (χ1v) is 11.2. The van der Waals surface area contributed by atoms with Crippen LogP contribution in [0.5, 0.6) is 5.75 Å². The molecule has 30 heavy (non-hydrogen) atoms. The standard InChI is InChI=1S/C24H26N2O3S/c1-16(2)29-18-11-9-17(10-12-18)14-26-24-22(20-7-3-4-8-21(20)30-24)23(27)25-15-19-6-5-13-28-19/h5-6,9-14,16H,3-4,7-8,15H2,1-2H3,(H,25,27). The summed E-state index contributed by atoms with van der Waals surface area (Å²) in [5.41, 5.74) is 2.85. The van der Waals surface area contributed by atoms with E-state index in [1.165, 1.54) is 11.3 Å². The largest absolute Gasteiger partial charge is 0.491 e. The number of furan rings is 1. The number of amides is 1. The molecule has 3 aromatic rings. The molecule has 4 rings (SSSR count). The summed E-state index contributed by atoms with van der Waals surface area (Å²) in [4.78, 5) is 19.0. The van der Waals surface area contributed by atoms with Crippen molar-refractivity contribution in [2.45, 2.75) is 52.2 Å². The molecule has 2 heterocycles. The maximum Gasteiger partial charge on any atom is 0.255 e. The van der Waals surface area contributed by atoms with Crippen LogP contribution >= 0.6 is 11.3 Å². The average molecular weight is 423 g/mol. The van der Waals surface area contributed by atoms with Crippen molar-refractivity contribution in [1.82, 2.24) is 5.32 Å². The lowest BCUT2D eigenvalue weighted by Gasteiger charge is -2.12. The van der Waals surface area contributed by atoms with Crippen LogP contribution in [0.2, 0.25) is 0 Å². The first kappa shape index (κ1) is 20.4. The summed E-state index contributed by atoms with van der Waals surface area (Å²) in [6.45, 7) is 4.38. The molecule has 0 spiro atoms. The predicted octanol–water partition coefficient (Wildman–Crippen LogP) is 5.69. The number of fused-ring (bicyclic) bond motifs is 1. The summed E-state index contributed by atoms with van der Waals surface area (Å²) in [7, 11) is 0. The molecule has 0 atom stereocenters. The van der Waals surface area contributed by atoms with Crippen LogP contribution in [0.3, 0.4) is 0 Å². The van der Waals surface area contributed by atoms with E-state index in [-0.39, 0.29) is 12.0 Å². The Morgan fingerprint density at radius 1 is 1.23 bits per heavy atom. The van der Waals surface area contributed by atoms with Crippen molar-refractivity contribution in [2.75, 3.05) is 0 Å². The van der Waals surface area contributed by atoms with Crippen LogP contribution in [-0.4, -0.2) is 18.2 Å². The molecule has 0 fully saturated rings. The van der Waals surface area contributed by atoms with Gasteiger partial charge in [0.25, 0.3) is 5.91 Å². The van der Waals surface area contributed by atoms with Crippen LogP contribution < -0.4 is 10.1 Å². The zero-order valence-electron chi connectivity index (χ0n) is 17.3. The molecule has 5 nitrogen and oxygen atoms in total. The number of thiophene rings is 1. The molecule has 0 aliphatic heterocycles. The van der Waals surface area contributed by atoms with Gasteiger partial charge in [-0.15, -0.1) is 11.3 Å². The van der Waals surface area contributed by atoms with Gasteiger partial charge in [0.15, 0.2) is 0 Å². The van der Waals surface area contributed by atoms with Crippen LogP contribution in [0.4, 0.5) is 5.00 Å². The topological polar surface area (TPSA) is 63.8 Å². The minimum atomic E-state index is -0.0846. The van der Waals surface area contributed by atoms with Gasteiger partial charge in [-0.25, -0.2) is 4.99 Å². The normalized spacial score (nSPS) is 13.6. The Morgan fingerprint density at radius 3 is 2.77 bits per heavy atom. The van der Waals surface area contributed by atoms with E-state index in [0.717, 1.165) is 52.5 Å². The number of nitrogens with one attached hydrogen (secondary N) is 1. The van der Waals surface area contributed by atoms with Gasteiger partial charge in [-0.2, -0.15) is 0 Å². The van der Waals surface area contributed by atoms with Crippen LogP contribution in [0, 0.1) is 0 Å².